The number of benzene rings is 1. The monoisotopic (exact) mass is 258 g/mol. The Morgan fingerprint density at radius 2 is 1.89 bits per heavy atom. The SMILES string of the molecule is OC(Cc1ccccc1)c1cc2c(s1)CCCC2. The van der Waals surface area contributed by atoms with Crippen molar-refractivity contribution in [2.24, 2.45) is 0 Å². The molecule has 1 heterocycles. The highest BCUT2D eigenvalue weighted by Gasteiger charge is 2.17. The van der Waals surface area contributed by atoms with Crippen LogP contribution in [0.25, 0.3) is 0 Å². The molecule has 0 spiro atoms. The lowest BCUT2D eigenvalue weighted by Crippen LogP contribution is -1.99. The zero-order valence-corrected chi connectivity index (χ0v) is 11.2. The molecule has 0 saturated carbocycles. The summed E-state index contributed by atoms with van der Waals surface area (Å²) in [7, 11) is 0. The van der Waals surface area contributed by atoms with Crippen LogP contribution in [0.2, 0.25) is 0 Å². The van der Waals surface area contributed by atoms with E-state index < -0.39 is 0 Å². The van der Waals surface area contributed by atoms with Crippen LogP contribution in [0.5, 0.6) is 0 Å². The topological polar surface area (TPSA) is 20.2 Å². The van der Waals surface area contributed by atoms with Gasteiger partial charge in [-0.1, -0.05) is 30.3 Å². The highest BCUT2D eigenvalue weighted by Crippen LogP contribution is 2.33. The molecule has 2 aromatic rings. The molecule has 94 valence electrons. The van der Waals surface area contributed by atoms with Crippen LogP contribution in [-0.4, -0.2) is 5.11 Å². The fourth-order valence-electron chi connectivity index (χ4n) is 2.62. The molecule has 0 aliphatic heterocycles. The fourth-order valence-corrected chi connectivity index (χ4v) is 3.86. The Morgan fingerprint density at radius 3 is 2.67 bits per heavy atom. The molecule has 18 heavy (non-hydrogen) atoms. The van der Waals surface area contributed by atoms with Crippen molar-refractivity contribution in [2.45, 2.75) is 38.2 Å². The van der Waals surface area contributed by atoms with Crippen LogP contribution >= 0.6 is 11.3 Å². The van der Waals surface area contributed by atoms with E-state index in [0.29, 0.717) is 0 Å². The minimum absolute atomic E-state index is 0.344. The van der Waals surface area contributed by atoms with Gasteiger partial charge in [0.2, 0.25) is 0 Å². The molecule has 1 aromatic carbocycles. The van der Waals surface area contributed by atoms with E-state index in [2.05, 4.69) is 18.2 Å². The van der Waals surface area contributed by atoms with Crippen molar-refractivity contribution in [2.75, 3.05) is 0 Å². The molecule has 1 aliphatic carbocycles. The Balaban J connectivity index is 1.76. The van der Waals surface area contributed by atoms with E-state index in [1.807, 2.05) is 29.5 Å². The second kappa shape index (κ2) is 5.25. The van der Waals surface area contributed by atoms with Gasteiger partial charge < -0.3 is 5.11 Å². The number of hydrogen-bond acceptors (Lipinski definition) is 2. The van der Waals surface area contributed by atoms with E-state index in [-0.39, 0.29) is 6.10 Å². The molecule has 1 N–H and O–H groups in total. The normalized spacial score (nSPS) is 16.3. The van der Waals surface area contributed by atoms with E-state index in [9.17, 15) is 5.11 Å². The van der Waals surface area contributed by atoms with Gasteiger partial charge in [0.25, 0.3) is 0 Å². The third-order valence-electron chi connectivity index (χ3n) is 3.62. The lowest BCUT2D eigenvalue weighted by Gasteiger charge is -2.08. The van der Waals surface area contributed by atoms with Gasteiger partial charge in [0.15, 0.2) is 0 Å². The maximum atomic E-state index is 10.3. The quantitative estimate of drug-likeness (QED) is 0.885. The Morgan fingerprint density at radius 1 is 1.11 bits per heavy atom. The first-order valence-electron chi connectivity index (χ1n) is 6.66. The molecule has 0 amide bonds. The van der Waals surface area contributed by atoms with Gasteiger partial charge in [0.1, 0.15) is 0 Å². The van der Waals surface area contributed by atoms with Crippen molar-refractivity contribution in [1.29, 1.82) is 0 Å². The molecule has 0 bridgehead atoms. The van der Waals surface area contributed by atoms with E-state index in [0.717, 1.165) is 11.3 Å². The summed E-state index contributed by atoms with van der Waals surface area (Å²) < 4.78 is 0. The Bertz CT molecular complexity index is 492. The molecule has 1 nitrogen and oxygen atoms in total. The highest BCUT2D eigenvalue weighted by atomic mass is 32.1. The van der Waals surface area contributed by atoms with E-state index in [1.165, 1.54) is 41.7 Å². The van der Waals surface area contributed by atoms with Crippen LogP contribution in [0.15, 0.2) is 36.4 Å². The smallest absolute Gasteiger partial charge is 0.0922 e. The fraction of sp³-hybridized carbons (Fsp3) is 0.375. The molecule has 1 aromatic heterocycles. The molecule has 0 radical (unpaired) electrons. The summed E-state index contributed by atoms with van der Waals surface area (Å²) in [6.07, 6.45) is 5.39. The van der Waals surface area contributed by atoms with Crippen LogP contribution in [0.3, 0.4) is 0 Å². The largest absolute Gasteiger partial charge is 0.387 e. The maximum absolute atomic E-state index is 10.3. The maximum Gasteiger partial charge on any atom is 0.0922 e. The Hall–Kier alpha value is -1.12. The van der Waals surface area contributed by atoms with E-state index >= 15 is 0 Å². The van der Waals surface area contributed by atoms with Gasteiger partial charge in [-0.3, -0.25) is 0 Å². The van der Waals surface area contributed by atoms with Gasteiger partial charge in [-0.15, -0.1) is 11.3 Å². The lowest BCUT2D eigenvalue weighted by molar-refractivity contribution is 0.182. The molecule has 3 rings (SSSR count). The van der Waals surface area contributed by atoms with Crippen molar-refractivity contribution in [1.82, 2.24) is 0 Å². The minimum Gasteiger partial charge on any atom is -0.387 e. The summed E-state index contributed by atoms with van der Waals surface area (Å²) in [4.78, 5) is 2.65. The minimum atomic E-state index is -0.344. The van der Waals surface area contributed by atoms with Gasteiger partial charge in [0.05, 0.1) is 6.10 Å². The third kappa shape index (κ3) is 2.50. The standard InChI is InChI=1S/C16H18OS/c17-14(10-12-6-2-1-3-7-12)16-11-13-8-4-5-9-15(13)18-16/h1-3,6-7,11,14,17H,4-5,8-10H2. The predicted octanol–water partition coefficient (Wildman–Crippen LogP) is 3.90. The van der Waals surface area contributed by atoms with Crippen LogP contribution in [0.1, 0.15) is 39.8 Å². The number of thiophene rings is 1. The van der Waals surface area contributed by atoms with Crippen molar-refractivity contribution in [3.63, 3.8) is 0 Å². The molecule has 1 aliphatic rings. The molecule has 1 atom stereocenters. The average Bonchev–Trinajstić information content (AvgIpc) is 2.84. The van der Waals surface area contributed by atoms with Crippen LogP contribution in [0.4, 0.5) is 0 Å². The Labute approximate surface area is 112 Å². The van der Waals surface area contributed by atoms with E-state index in [4.69, 9.17) is 0 Å². The van der Waals surface area contributed by atoms with Crippen molar-refractivity contribution >= 4 is 11.3 Å². The van der Waals surface area contributed by atoms with Crippen LogP contribution < -0.4 is 0 Å². The highest BCUT2D eigenvalue weighted by molar-refractivity contribution is 7.12. The molecular weight excluding hydrogens is 240 g/mol. The van der Waals surface area contributed by atoms with Crippen LogP contribution in [0, 0.1) is 0 Å². The summed E-state index contributed by atoms with van der Waals surface area (Å²) in [5.41, 5.74) is 2.68. The first kappa shape index (κ1) is 11.9. The summed E-state index contributed by atoms with van der Waals surface area (Å²) in [6, 6.07) is 12.5. The molecule has 2 heteroatoms. The first-order chi connectivity index (χ1) is 8.83. The van der Waals surface area contributed by atoms with Gasteiger partial charge in [-0.25, -0.2) is 0 Å². The summed E-state index contributed by atoms with van der Waals surface area (Å²) in [6.45, 7) is 0. The summed E-state index contributed by atoms with van der Waals surface area (Å²) >= 11 is 1.81. The van der Waals surface area contributed by atoms with Crippen molar-refractivity contribution < 1.29 is 5.11 Å². The average molecular weight is 258 g/mol. The van der Waals surface area contributed by atoms with Gasteiger partial charge in [-0.05, 0) is 42.9 Å². The zero-order chi connectivity index (χ0) is 12.4. The number of aryl methyl sites for hydroxylation is 2. The third-order valence-corrected chi connectivity index (χ3v) is 4.95. The number of hydrogen-bond donors (Lipinski definition) is 1. The molecule has 0 saturated heterocycles. The number of aliphatic hydroxyl groups is 1. The van der Waals surface area contributed by atoms with Crippen molar-refractivity contribution in [3.05, 3.63) is 57.3 Å². The predicted molar refractivity (Wildman–Crippen MR) is 76.1 cm³/mol. The summed E-state index contributed by atoms with van der Waals surface area (Å²) in [5, 5.41) is 10.3. The Kier molecular flexibility index (Phi) is 3.48. The first-order valence-corrected chi connectivity index (χ1v) is 7.48. The molecule has 1 unspecified atom stereocenters. The van der Waals surface area contributed by atoms with E-state index in [1.54, 1.807) is 0 Å². The number of rotatable bonds is 3. The zero-order valence-electron chi connectivity index (χ0n) is 10.4. The molecular formula is C16H18OS. The number of fused-ring (bicyclic) bond motifs is 1. The van der Waals surface area contributed by atoms with Gasteiger partial charge in [0, 0.05) is 16.2 Å². The second-order valence-electron chi connectivity index (χ2n) is 5.01. The number of aliphatic hydroxyl groups excluding tert-OH is 1. The van der Waals surface area contributed by atoms with Crippen LogP contribution in [-0.2, 0) is 19.3 Å². The second-order valence-corrected chi connectivity index (χ2v) is 6.18. The van der Waals surface area contributed by atoms with Gasteiger partial charge >= 0.3 is 0 Å². The molecule has 0 fully saturated rings. The summed E-state index contributed by atoms with van der Waals surface area (Å²) in [5.74, 6) is 0. The van der Waals surface area contributed by atoms with Crippen molar-refractivity contribution in [3.8, 4) is 0 Å². The van der Waals surface area contributed by atoms with Gasteiger partial charge in [-0.2, -0.15) is 0 Å². The lowest BCUT2D eigenvalue weighted by atomic mass is 9.98.